The summed E-state index contributed by atoms with van der Waals surface area (Å²) in [5.41, 5.74) is 3.66. The second kappa shape index (κ2) is 6.74. The van der Waals surface area contributed by atoms with E-state index in [-0.39, 0.29) is 11.7 Å². The molecule has 6 heteroatoms. The Morgan fingerprint density at radius 2 is 1.74 bits per heavy atom. The Bertz CT molecular complexity index is 1150. The summed E-state index contributed by atoms with van der Waals surface area (Å²) in [4.78, 5) is 17.5. The highest BCUT2D eigenvalue weighted by Gasteiger charge is 2.51. The van der Waals surface area contributed by atoms with Gasteiger partial charge in [-0.1, -0.05) is 12.1 Å². The van der Waals surface area contributed by atoms with Gasteiger partial charge in [0.2, 0.25) is 0 Å². The summed E-state index contributed by atoms with van der Waals surface area (Å²) in [5.74, 6) is 0.666. The maximum atomic E-state index is 13.5. The molecule has 0 bridgehead atoms. The molecule has 5 rings (SSSR count). The van der Waals surface area contributed by atoms with Crippen molar-refractivity contribution in [2.45, 2.75) is 57.5 Å². The predicted octanol–water partition coefficient (Wildman–Crippen LogP) is 4.53. The fraction of sp³-hybridized carbons (Fsp3) is 0.400. The molecule has 5 nitrogen and oxygen atoms in total. The highest BCUT2D eigenvalue weighted by Crippen LogP contribution is 2.58. The number of pyridine rings is 1. The maximum Gasteiger partial charge on any atom is 0.272 e. The van der Waals surface area contributed by atoms with Crippen LogP contribution >= 0.6 is 0 Å². The van der Waals surface area contributed by atoms with Gasteiger partial charge in [0.1, 0.15) is 5.82 Å². The topological polar surface area (TPSA) is 59.8 Å². The van der Waals surface area contributed by atoms with Gasteiger partial charge in [-0.05, 0) is 81.8 Å². The molecule has 160 valence electrons. The summed E-state index contributed by atoms with van der Waals surface area (Å²) >= 11 is 0. The van der Waals surface area contributed by atoms with Crippen molar-refractivity contribution in [2.75, 3.05) is 0 Å². The van der Waals surface area contributed by atoms with Crippen LogP contribution in [0.2, 0.25) is 0 Å². The van der Waals surface area contributed by atoms with Crippen molar-refractivity contribution in [3.8, 4) is 0 Å². The van der Waals surface area contributed by atoms with E-state index >= 15 is 0 Å². The van der Waals surface area contributed by atoms with Gasteiger partial charge < -0.3 is 5.32 Å². The SMILES string of the molecule is CC(C)(NC(=O)c1nn(C(C)(C)c2ccc(F)cc2)c2c1C[C@H]1C[C@@H]21)c1ccncc1. The molecule has 0 unspecified atom stereocenters. The van der Waals surface area contributed by atoms with E-state index in [0.717, 1.165) is 29.5 Å². The smallest absolute Gasteiger partial charge is 0.272 e. The fourth-order valence-corrected chi connectivity index (χ4v) is 4.89. The lowest BCUT2D eigenvalue weighted by Gasteiger charge is -2.28. The summed E-state index contributed by atoms with van der Waals surface area (Å²) in [6, 6.07) is 10.4. The van der Waals surface area contributed by atoms with Crippen LogP contribution in [0.5, 0.6) is 0 Å². The van der Waals surface area contributed by atoms with Crippen LogP contribution in [0.1, 0.15) is 72.9 Å². The number of carbonyl (C=O) groups excluding carboxylic acids is 1. The van der Waals surface area contributed by atoms with E-state index in [1.165, 1.54) is 17.8 Å². The molecule has 0 spiro atoms. The van der Waals surface area contributed by atoms with Gasteiger partial charge in [-0.25, -0.2) is 4.39 Å². The Kier molecular flexibility index (Phi) is 4.33. The summed E-state index contributed by atoms with van der Waals surface area (Å²) < 4.78 is 15.5. The molecule has 0 radical (unpaired) electrons. The van der Waals surface area contributed by atoms with Gasteiger partial charge in [-0.3, -0.25) is 14.5 Å². The van der Waals surface area contributed by atoms with Gasteiger partial charge in [-0.15, -0.1) is 0 Å². The lowest BCUT2D eigenvalue weighted by atomic mass is 9.93. The Morgan fingerprint density at radius 1 is 1.06 bits per heavy atom. The number of nitrogens with zero attached hydrogens (tertiary/aromatic N) is 3. The molecular weight excluding hydrogens is 391 g/mol. The van der Waals surface area contributed by atoms with Gasteiger partial charge in [0.15, 0.2) is 5.69 Å². The standard InChI is InChI=1S/C25H27FN4O/c1-24(2,16-9-11-27-12-10-16)28-23(31)21-20-14-15-13-19(15)22(20)30(29-21)25(3,4)17-5-7-18(26)8-6-17/h5-12,15,19H,13-14H2,1-4H3,(H,28,31)/t15-,19-/m1/s1. The normalized spacial score (nSPS) is 19.6. The lowest BCUT2D eigenvalue weighted by molar-refractivity contribution is 0.0904. The minimum Gasteiger partial charge on any atom is -0.342 e. The molecule has 2 aliphatic carbocycles. The van der Waals surface area contributed by atoms with E-state index in [1.54, 1.807) is 24.5 Å². The van der Waals surface area contributed by atoms with E-state index in [9.17, 15) is 9.18 Å². The second-order valence-corrected chi connectivity index (χ2v) is 9.81. The molecule has 1 saturated carbocycles. The zero-order chi connectivity index (χ0) is 22.0. The number of nitrogens with one attached hydrogen (secondary N) is 1. The number of carbonyl (C=O) groups is 1. The third-order valence-corrected chi connectivity index (χ3v) is 6.89. The highest BCUT2D eigenvalue weighted by molar-refractivity contribution is 5.95. The Balaban J connectivity index is 1.52. The van der Waals surface area contributed by atoms with Crippen molar-refractivity contribution < 1.29 is 9.18 Å². The molecule has 2 heterocycles. The average molecular weight is 419 g/mol. The quantitative estimate of drug-likeness (QED) is 0.662. The van der Waals surface area contributed by atoms with E-state index < -0.39 is 11.1 Å². The molecular formula is C25H27FN4O. The van der Waals surface area contributed by atoms with Crippen LogP contribution in [0.15, 0.2) is 48.8 Å². The van der Waals surface area contributed by atoms with E-state index in [2.05, 4.69) is 24.1 Å². The van der Waals surface area contributed by atoms with Crippen LogP contribution in [0.4, 0.5) is 4.39 Å². The zero-order valence-electron chi connectivity index (χ0n) is 18.3. The third kappa shape index (κ3) is 3.25. The van der Waals surface area contributed by atoms with Crippen LogP contribution < -0.4 is 5.32 Å². The van der Waals surface area contributed by atoms with Crippen molar-refractivity contribution in [3.63, 3.8) is 0 Å². The summed E-state index contributed by atoms with van der Waals surface area (Å²) in [6.07, 6.45) is 5.52. The molecule has 1 N–H and O–H groups in total. The lowest BCUT2D eigenvalue weighted by Crippen LogP contribution is -2.41. The van der Waals surface area contributed by atoms with E-state index in [0.29, 0.717) is 17.5 Å². The number of rotatable bonds is 5. The number of hydrogen-bond acceptors (Lipinski definition) is 3. The minimum atomic E-state index is -0.551. The Hall–Kier alpha value is -3.02. The van der Waals surface area contributed by atoms with Crippen molar-refractivity contribution in [3.05, 3.63) is 82.7 Å². The molecule has 2 aliphatic rings. The number of fused-ring (bicyclic) bond motifs is 3. The van der Waals surface area contributed by atoms with Crippen molar-refractivity contribution in [1.82, 2.24) is 20.1 Å². The molecule has 0 saturated heterocycles. The second-order valence-electron chi connectivity index (χ2n) is 9.81. The first-order valence-corrected chi connectivity index (χ1v) is 10.8. The number of benzene rings is 1. The number of aromatic nitrogens is 3. The molecule has 2 atom stereocenters. The van der Waals surface area contributed by atoms with Gasteiger partial charge in [0, 0.05) is 29.6 Å². The average Bonchev–Trinajstić information content (AvgIpc) is 3.23. The van der Waals surface area contributed by atoms with Crippen LogP contribution in [-0.4, -0.2) is 20.7 Å². The first-order chi connectivity index (χ1) is 14.7. The molecule has 31 heavy (non-hydrogen) atoms. The molecule has 3 aromatic rings. The van der Waals surface area contributed by atoms with Gasteiger partial charge in [0.05, 0.1) is 11.1 Å². The molecule has 1 fully saturated rings. The zero-order valence-corrected chi connectivity index (χ0v) is 18.3. The van der Waals surface area contributed by atoms with Crippen LogP contribution in [0.3, 0.4) is 0 Å². The van der Waals surface area contributed by atoms with Crippen molar-refractivity contribution in [2.24, 2.45) is 5.92 Å². The van der Waals surface area contributed by atoms with Crippen LogP contribution in [0.25, 0.3) is 0 Å². The largest absolute Gasteiger partial charge is 0.342 e. The number of amides is 1. The van der Waals surface area contributed by atoms with Gasteiger partial charge in [-0.2, -0.15) is 5.10 Å². The molecule has 1 aromatic carbocycles. The van der Waals surface area contributed by atoms with Crippen LogP contribution in [-0.2, 0) is 17.5 Å². The minimum absolute atomic E-state index is 0.159. The molecule has 0 aliphatic heterocycles. The maximum absolute atomic E-state index is 13.5. The summed E-state index contributed by atoms with van der Waals surface area (Å²) in [7, 11) is 0. The first-order valence-electron chi connectivity index (χ1n) is 10.8. The van der Waals surface area contributed by atoms with Crippen LogP contribution in [0, 0.1) is 11.7 Å². The number of hydrogen-bond donors (Lipinski definition) is 1. The number of halogens is 1. The van der Waals surface area contributed by atoms with Crippen molar-refractivity contribution >= 4 is 5.91 Å². The summed E-state index contributed by atoms with van der Waals surface area (Å²) in [5, 5.41) is 8.02. The van der Waals surface area contributed by atoms with E-state index in [1.807, 2.05) is 30.7 Å². The van der Waals surface area contributed by atoms with E-state index in [4.69, 9.17) is 5.10 Å². The predicted molar refractivity (Wildman–Crippen MR) is 116 cm³/mol. The Morgan fingerprint density at radius 3 is 2.42 bits per heavy atom. The molecule has 2 aromatic heterocycles. The highest BCUT2D eigenvalue weighted by atomic mass is 19.1. The monoisotopic (exact) mass is 418 g/mol. The van der Waals surface area contributed by atoms with Gasteiger partial charge >= 0.3 is 0 Å². The third-order valence-electron chi connectivity index (χ3n) is 6.89. The Labute approximate surface area is 181 Å². The fourth-order valence-electron chi connectivity index (χ4n) is 4.89. The first kappa shape index (κ1) is 19.9. The van der Waals surface area contributed by atoms with Crippen molar-refractivity contribution in [1.29, 1.82) is 0 Å². The summed E-state index contributed by atoms with van der Waals surface area (Å²) in [6.45, 7) is 8.12. The molecule has 1 amide bonds. The van der Waals surface area contributed by atoms with Gasteiger partial charge in [0.25, 0.3) is 5.91 Å².